The second-order valence-corrected chi connectivity index (χ2v) is 11.9. The summed E-state index contributed by atoms with van der Waals surface area (Å²) >= 11 is 0. The summed E-state index contributed by atoms with van der Waals surface area (Å²) < 4.78 is 32.8. The first kappa shape index (κ1) is 34.9. The molecule has 3 heterocycles. The normalized spacial score (nSPS) is 11.2. The summed E-state index contributed by atoms with van der Waals surface area (Å²) in [6.07, 6.45) is 1.86. The molecule has 9 nitrogen and oxygen atoms in total. The van der Waals surface area contributed by atoms with Gasteiger partial charge in [-0.3, -0.25) is 0 Å². The number of aromatic nitrogens is 4. The molecule has 0 saturated carbocycles. The number of fused-ring (bicyclic) bond motifs is 3. The Kier molecular flexibility index (Phi) is 10.7. The van der Waals surface area contributed by atoms with E-state index in [2.05, 4.69) is 60.9 Å². The van der Waals surface area contributed by atoms with Gasteiger partial charge in [-0.2, -0.15) is 11.6 Å². The molecule has 256 valence electrons. The fourth-order valence-corrected chi connectivity index (χ4v) is 5.90. The van der Waals surface area contributed by atoms with Crippen LogP contribution in [-0.4, -0.2) is 47.1 Å². The van der Waals surface area contributed by atoms with E-state index in [9.17, 15) is 0 Å². The SMILES string of the molecule is COCOc1nn(-c2[c-]c(Oc3[c-]c4c(cc3)c3ccccc3n4-c3cc(C(C)C)ccn3)cc(C)c2)c(OCOC)c1-c1ccccc1.[Pt+2]. The molecular formula is C40H36N4O5Pt. The van der Waals surface area contributed by atoms with Crippen LogP contribution in [0.15, 0.2) is 97.2 Å². The molecular weight excluding hydrogens is 812 g/mol. The largest absolute Gasteiger partial charge is 2.00 e. The van der Waals surface area contributed by atoms with Crippen LogP contribution in [0.25, 0.3) is 44.4 Å². The molecule has 0 aliphatic carbocycles. The number of aryl methyl sites for hydroxylation is 1. The molecule has 0 aliphatic rings. The van der Waals surface area contributed by atoms with Gasteiger partial charge in [0.05, 0.1) is 0 Å². The number of methoxy groups -OCH3 is 2. The molecule has 0 unspecified atom stereocenters. The molecule has 0 radical (unpaired) electrons. The number of rotatable bonds is 12. The van der Waals surface area contributed by atoms with Gasteiger partial charge in [-0.25, -0.2) is 9.67 Å². The molecule has 50 heavy (non-hydrogen) atoms. The maximum atomic E-state index is 6.48. The van der Waals surface area contributed by atoms with Crippen molar-refractivity contribution in [2.24, 2.45) is 0 Å². The molecule has 7 rings (SSSR count). The molecule has 3 aromatic heterocycles. The minimum absolute atomic E-state index is 0. The summed E-state index contributed by atoms with van der Waals surface area (Å²) in [6.45, 7) is 6.37. The number of benzene rings is 4. The van der Waals surface area contributed by atoms with Crippen LogP contribution in [0.1, 0.15) is 30.9 Å². The Morgan fingerprint density at radius 3 is 2.32 bits per heavy atom. The van der Waals surface area contributed by atoms with E-state index in [1.807, 2.05) is 73.8 Å². The van der Waals surface area contributed by atoms with E-state index >= 15 is 0 Å². The minimum atomic E-state index is 0. The first-order valence-electron chi connectivity index (χ1n) is 16.0. The van der Waals surface area contributed by atoms with Crippen LogP contribution in [0.4, 0.5) is 0 Å². The summed E-state index contributed by atoms with van der Waals surface area (Å²) in [5, 5.41) is 6.97. The van der Waals surface area contributed by atoms with E-state index in [1.54, 1.807) is 18.9 Å². The summed E-state index contributed by atoms with van der Waals surface area (Å²) in [5.74, 6) is 3.00. The molecule has 0 N–H and O–H groups in total. The molecule has 0 atom stereocenters. The van der Waals surface area contributed by atoms with Gasteiger partial charge in [-0.15, -0.1) is 40.8 Å². The summed E-state index contributed by atoms with van der Waals surface area (Å²) in [7, 11) is 3.13. The van der Waals surface area contributed by atoms with Gasteiger partial charge in [0.25, 0.3) is 0 Å². The van der Waals surface area contributed by atoms with Crippen molar-refractivity contribution in [2.45, 2.75) is 26.7 Å². The fraction of sp³-hybridized carbons (Fsp3) is 0.200. The number of hydrogen-bond donors (Lipinski definition) is 0. The molecule has 4 aromatic carbocycles. The Balaban J connectivity index is 0.00000432. The first-order chi connectivity index (χ1) is 23.9. The standard InChI is InChI=1S/C40H36N4O5.Pt/c1-26(2)29-17-18-41-37(21-29)43-35-14-10-9-13-33(35)34-16-15-31(23-36(34)43)49-32-20-27(3)19-30(22-32)44-40(48-25-46-5)38(28-11-7-6-8-12-28)39(42-44)47-24-45-4;/h6-21,26H,24-25H2,1-5H3;/q-2;+2. The second-order valence-electron chi connectivity index (χ2n) is 11.9. The van der Waals surface area contributed by atoms with Crippen molar-refractivity contribution in [3.05, 3.63) is 120 Å². The smallest absolute Gasteiger partial charge is 0.509 e. The van der Waals surface area contributed by atoms with Crippen LogP contribution in [0.5, 0.6) is 23.3 Å². The van der Waals surface area contributed by atoms with Gasteiger partial charge in [0.2, 0.25) is 11.8 Å². The quantitative estimate of drug-likeness (QED) is 0.0899. The maximum Gasteiger partial charge on any atom is 2.00 e. The van der Waals surface area contributed by atoms with E-state index in [-0.39, 0.29) is 34.7 Å². The van der Waals surface area contributed by atoms with E-state index in [4.69, 9.17) is 33.8 Å². The Bertz CT molecular complexity index is 2250. The zero-order valence-electron chi connectivity index (χ0n) is 28.4. The van der Waals surface area contributed by atoms with Crippen molar-refractivity contribution in [3.63, 3.8) is 0 Å². The third-order valence-electron chi connectivity index (χ3n) is 8.15. The molecule has 0 aliphatic heterocycles. The van der Waals surface area contributed by atoms with Crippen molar-refractivity contribution < 1.29 is 44.7 Å². The van der Waals surface area contributed by atoms with E-state index in [0.29, 0.717) is 40.4 Å². The van der Waals surface area contributed by atoms with Gasteiger partial charge in [-0.1, -0.05) is 74.8 Å². The van der Waals surface area contributed by atoms with E-state index < -0.39 is 0 Å². The van der Waals surface area contributed by atoms with Crippen LogP contribution in [0, 0.1) is 19.1 Å². The third kappa shape index (κ3) is 6.90. The average Bonchev–Trinajstić information content (AvgIpc) is 3.65. The van der Waals surface area contributed by atoms with Crippen LogP contribution >= 0.6 is 0 Å². The first-order valence-corrected chi connectivity index (χ1v) is 16.0. The predicted octanol–water partition coefficient (Wildman–Crippen LogP) is 8.82. The number of ether oxygens (including phenoxy) is 5. The van der Waals surface area contributed by atoms with Crippen molar-refractivity contribution in [3.8, 4) is 45.9 Å². The zero-order chi connectivity index (χ0) is 33.9. The van der Waals surface area contributed by atoms with Gasteiger partial charge < -0.3 is 28.3 Å². The zero-order valence-corrected chi connectivity index (χ0v) is 30.6. The van der Waals surface area contributed by atoms with Crippen molar-refractivity contribution in [1.29, 1.82) is 0 Å². The average molecular weight is 848 g/mol. The van der Waals surface area contributed by atoms with Crippen molar-refractivity contribution >= 4 is 21.8 Å². The molecule has 0 fully saturated rings. The van der Waals surface area contributed by atoms with E-state index in [1.165, 1.54) is 5.56 Å². The van der Waals surface area contributed by atoms with Gasteiger partial charge in [0, 0.05) is 37.4 Å². The monoisotopic (exact) mass is 847 g/mol. The Labute approximate surface area is 305 Å². The Hall–Kier alpha value is -4.95. The molecule has 10 heteroatoms. The fourth-order valence-electron chi connectivity index (χ4n) is 5.90. The maximum absolute atomic E-state index is 6.48. The van der Waals surface area contributed by atoms with Crippen LogP contribution in [-0.2, 0) is 30.5 Å². The van der Waals surface area contributed by atoms with Gasteiger partial charge in [0.15, 0.2) is 13.6 Å². The Morgan fingerprint density at radius 1 is 0.780 bits per heavy atom. The van der Waals surface area contributed by atoms with Crippen LogP contribution in [0.3, 0.4) is 0 Å². The Morgan fingerprint density at radius 2 is 1.54 bits per heavy atom. The number of para-hydroxylation sites is 1. The molecule has 0 saturated heterocycles. The predicted molar refractivity (Wildman–Crippen MR) is 189 cm³/mol. The summed E-state index contributed by atoms with van der Waals surface area (Å²) in [6, 6.07) is 37.1. The van der Waals surface area contributed by atoms with E-state index in [0.717, 1.165) is 38.8 Å². The van der Waals surface area contributed by atoms with Crippen molar-refractivity contribution in [1.82, 2.24) is 19.3 Å². The van der Waals surface area contributed by atoms with Crippen LogP contribution in [0.2, 0.25) is 0 Å². The second kappa shape index (κ2) is 15.3. The molecule has 0 spiro atoms. The number of pyridine rings is 1. The molecule has 0 amide bonds. The third-order valence-corrected chi connectivity index (χ3v) is 8.15. The van der Waals surface area contributed by atoms with Crippen LogP contribution < -0.4 is 14.2 Å². The molecule has 0 bridgehead atoms. The number of nitrogens with zero attached hydrogens (tertiary/aromatic N) is 4. The van der Waals surface area contributed by atoms with Gasteiger partial charge >= 0.3 is 21.1 Å². The summed E-state index contributed by atoms with van der Waals surface area (Å²) in [5.41, 5.74) is 6.18. The molecule has 7 aromatic rings. The van der Waals surface area contributed by atoms with Gasteiger partial charge in [-0.05, 0) is 46.3 Å². The number of hydrogen-bond acceptors (Lipinski definition) is 7. The van der Waals surface area contributed by atoms with Crippen molar-refractivity contribution in [2.75, 3.05) is 27.8 Å². The minimum Gasteiger partial charge on any atom is -0.509 e. The van der Waals surface area contributed by atoms with Gasteiger partial charge in [0.1, 0.15) is 11.4 Å². The summed E-state index contributed by atoms with van der Waals surface area (Å²) in [4.78, 5) is 4.76. The topological polar surface area (TPSA) is 81.8 Å².